The number of ether oxygens (including phenoxy) is 2. The van der Waals surface area contributed by atoms with Gasteiger partial charge in [-0.2, -0.15) is 34.0 Å². The number of nitrogens with zero attached hydrogens (tertiary/aromatic N) is 2. The molecule has 0 amide bonds. The molecule has 0 aliphatic carbocycles. The van der Waals surface area contributed by atoms with Crippen LogP contribution in [-0.4, -0.2) is 49.2 Å². The number of rotatable bonds is 10. The molecule has 0 N–H and O–H groups in total. The third kappa shape index (κ3) is 20.9. The summed E-state index contributed by atoms with van der Waals surface area (Å²) >= 11 is 3.20. The molecule has 0 radical (unpaired) electrons. The average Bonchev–Trinajstić information content (AvgIpc) is 2.54. The fourth-order valence-corrected chi connectivity index (χ4v) is 2.46. The highest BCUT2D eigenvalue weighted by molar-refractivity contribution is 7.99. The summed E-state index contributed by atoms with van der Waals surface area (Å²) in [4.78, 5) is 21.3. The van der Waals surface area contributed by atoms with Crippen molar-refractivity contribution in [2.75, 3.05) is 37.2 Å². The van der Waals surface area contributed by atoms with Gasteiger partial charge < -0.3 is 9.47 Å². The lowest BCUT2D eigenvalue weighted by Gasteiger charge is -1.99. The molecule has 0 unspecified atom stereocenters. The van der Waals surface area contributed by atoms with E-state index in [1.807, 2.05) is 12.1 Å². The predicted octanol–water partition coefficient (Wildman–Crippen LogP) is 2.39. The van der Waals surface area contributed by atoms with Gasteiger partial charge in [0.2, 0.25) is 0 Å². The van der Waals surface area contributed by atoms with Crippen molar-refractivity contribution in [2.45, 2.75) is 25.7 Å². The first-order chi connectivity index (χ1) is 10.6. The molecule has 22 heavy (non-hydrogen) atoms. The summed E-state index contributed by atoms with van der Waals surface area (Å²) < 4.78 is 8.91. The van der Waals surface area contributed by atoms with Gasteiger partial charge in [0.1, 0.15) is 0 Å². The molecule has 0 aromatic carbocycles. The second-order valence-corrected chi connectivity index (χ2v) is 6.14. The number of thioether (sulfide) groups is 2. The lowest BCUT2D eigenvalue weighted by atomic mass is 10.5. The fraction of sp³-hybridized carbons (Fsp3) is 0.714. The third-order valence-corrected chi connectivity index (χ3v) is 4.04. The molecule has 0 aliphatic rings. The largest absolute Gasteiger partial charge is 0.469 e. The molecule has 0 heterocycles. The van der Waals surface area contributed by atoms with Gasteiger partial charge in [-0.05, 0) is 0 Å². The molecule has 0 fully saturated rings. The molecule has 0 bridgehead atoms. The molecule has 0 spiro atoms. The molecule has 0 aliphatic heterocycles. The minimum Gasteiger partial charge on any atom is -0.469 e. The van der Waals surface area contributed by atoms with Gasteiger partial charge in [-0.1, -0.05) is 0 Å². The summed E-state index contributed by atoms with van der Waals surface area (Å²) in [6, 6.07) is 4.08. The molecule has 0 rings (SSSR count). The van der Waals surface area contributed by atoms with Gasteiger partial charge in [0.25, 0.3) is 0 Å². The number of esters is 2. The molecule has 0 aromatic rings. The van der Waals surface area contributed by atoms with E-state index in [-0.39, 0.29) is 11.9 Å². The van der Waals surface area contributed by atoms with Gasteiger partial charge >= 0.3 is 11.9 Å². The van der Waals surface area contributed by atoms with Crippen LogP contribution in [0, 0.1) is 22.7 Å². The zero-order chi connectivity index (χ0) is 17.1. The first-order valence-electron chi connectivity index (χ1n) is 6.65. The normalized spacial score (nSPS) is 8.73. The second kappa shape index (κ2) is 19.6. The Balaban J connectivity index is 0. The van der Waals surface area contributed by atoms with Gasteiger partial charge in [-0.25, -0.2) is 0 Å². The summed E-state index contributed by atoms with van der Waals surface area (Å²) in [6.45, 7) is 0. The average molecular weight is 346 g/mol. The van der Waals surface area contributed by atoms with Crippen LogP contribution in [0.2, 0.25) is 0 Å². The Bertz CT molecular complexity index is 344. The monoisotopic (exact) mass is 346 g/mol. The summed E-state index contributed by atoms with van der Waals surface area (Å²) in [5.74, 6) is 2.65. The molecular formula is C14H22N2O4S2. The standard InChI is InChI=1S/C8H14O4S.C6H8N2S/c1-11-7(9)3-5-13-6-4-8(10)12-2;7-3-1-5-9-6-2-4-8/h3-6H2,1-2H3;1-2,5-6H2. The molecule has 0 saturated carbocycles. The number of hydrogen-bond donors (Lipinski definition) is 0. The highest BCUT2D eigenvalue weighted by Gasteiger charge is 2.02. The maximum Gasteiger partial charge on any atom is 0.306 e. The quantitative estimate of drug-likeness (QED) is 0.439. The summed E-state index contributed by atoms with van der Waals surface area (Å²) in [5, 5.41) is 16.2. The van der Waals surface area contributed by atoms with Crippen LogP contribution in [0.25, 0.3) is 0 Å². The lowest BCUT2D eigenvalue weighted by molar-refractivity contribution is -0.140. The summed E-state index contributed by atoms with van der Waals surface area (Å²) in [5.41, 5.74) is 0. The van der Waals surface area contributed by atoms with Crippen LogP contribution < -0.4 is 0 Å². The van der Waals surface area contributed by atoms with Crippen molar-refractivity contribution in [1.29, 1.82) is 10.5 Å². The van der Waals surface area contributed by atoms with Gasteiger partial charge in [0, 0.05) is 35.9 Å². The molecule has 8 heteroatoms. The summed E-state index contributed by atoms with van der Waals surface area (Å²) in [7, 11) is 2.73. The Labute approximate surface area is 140 Å². The molecule has 0 atom stereocenters. The van der Waals surface area contributed by atoms with Crippen LogP contribution in [0.4, 0.5) is 0 Å². The molecule has 0 aromatic heterocycles. The first-order valence-corrected chi connectivity index (χ1v) is 8.96. The van der Waals surface area contributed by atoms with Gasteiger partial charge in [-0.15, -0.1) is 0 Å². The van der Waals surface area contributed by atoms with E-state index in [1.165, 1.54) is 26.0 Å². The highest BCUT2D eigenvalue weighted by Crippen LogP contribution is 2.05. The van der Waals surface area contributed by atoms with E-state index >= 15 is 0 Å². The fourth-order valence-electron chi connectivity index (χ4n) is 0.955. The number of nitriles is 2. The van der Waals surface area contributed by atoms with Crippen molar-refractivity contribution < 1.29 is 19.1 Å². The van der Waals surface area contributed by atoms with Crippen molar-refractivity contribution in [3.8, 4) is 12.1 Å². The zero-order valence-electron chi connectivity index (χ0n) is 13.0. The second-order valence-electron chi connectivity index (χ2n) is 3.69. The smallest absolute Gasteiger partial charge is 0.306 e. The Morgan fingerprint density at radius 1 is 0.818 bits per heavy atom. The number of carbonyl (C=O) groups excluding carboxylic acids is 2. The van der Waals surface area contributed by atoms with Crippen molar-refractivity contribution in [1.82, 2.24) is 0 Å². The Morgan fingerprint density at radius 2 is 1.18 bits per heavy atom. The SMILES string of the molecule is COC(=O)CCSCCC(=O)OC.N#CCCSCCC#N. The first kappa shape index (κ1) is 22.9. The maximum absolute atomic E-state index is 10.6. The third-order valence-electron chi connectivity index (χ3n) is 2.07. The van der Waals surface area contributed by atoms with E-state index in [0.717, 1.165) is 11.5 Å². The van der Waals surface area contributed by atoms with Gasteiger partial charge in [0.05, 0.1) is 39.2 Å². The Morgan fingerprint density at radius 3 is 1.50 bits per heavy atom. The molecular weight excluding hydrogens is 324 g/mol. The zero-order valence-corrected chi connectivity index (χ0v) is 14.6. The van der Waals surface area contributed by atoms with Crippen LogP contribution >= 0.6 is 23.5 Å². The molecule has 124 valence electrons. The van der Waals surface area contributed by atoms with Crippen LogP contribution in [0.15, 0.2) is 0 Å². The predicted molar refractivity (Wildman–Crippen MR) is 88.4 cm³/mol. The topological polar surface area (TPSA) is 100 Å². The van der Waals surface area contributed by atoms with E-state index in [2.05, 4.69) is 9.47 Å². The molecule has 6 nitrogen and oxygen atoms in total. The van der Waals surface area contributed by atoms with E-state index in [0.29, 0.717) is 37.2 Å². The van der Waals surface area contributed by atoms with Gasteiger partial charge in [0.15, 0.2) is 0 Å². The van der Waals surface area contributed by atoms with Gasteiger partial charge in [-0.3, -0.25) is 9.59 Å². The van der Waals surface area contributed by atoms with Crippen LogP contribution in [0.3, 0.4) is 0 Å². The highest BCUT2D eigenvalue weighted by atomic mass is 32.2. The Hall–Kier alpha value is -1.38. The summed E-state index contributed by atoms with van der Waals surface area (Å²) in [6.07, 6.45) is 1.97. The van der Waals surface area contributed by atoms with Crippen LogP contribution in [0.5, 0.6) is 0 Å². The maximum atomic E-state index is 10.6. The van der Waals surface area contributed by atoms with Crippen molar-refractivity contribution in [3.63, 3.8) is 0 Å². The Kier molecular flexibility index (Phi) is 20.4. The van der Waals surface area contributed by atoms with Crippen molar-refractivity contribution >= 4 is 35.5 Å². The van der Waals surface area contributed by atoms with Crippen LogP contribution in [-0.2, 0) is 19.1 Å². The van der Waals surface area contributed by atoms with E-state index in [4.69, 9.17) is 10.5 Å². The minimum absolute atomic E-state index is 0.217. The van der Waals surface area contributed by atoms with E-state index < -0.39 is 0 Å². The number of hydrogen-bond acceptors (Lipinski definition) is 8. The lowest BCUT2D eigenvalue weighted by Crippen LogP contribution is -2.04. The number of methoxy groups -OCH3 is 2. The van der Waals surface area contributed by atoms with Crippen molar-refractivity contribution in [2.24, 2.45) is 0 Å². The van der Waals surface area contributed by atoms with Crippen LogP contribution in [0.1, 0.15) is 25.7 Å². The van der Waals surface area contributed by atoms with E-state index in [9.17, 15) is 9.59 Å². The van der Waals surface area contributed by atoms with Crippen molar-refractivity contribution in [3.05, 3.63) is 0 Å². The molecule has 0 saturated heterocycles. The minimum atomic E-state index is -0.217. The van der Waals surface area contributed by atoms with E-state index in [1.54, 1.807) is 11.8 Å². The number of carbonyl (C=O) groups is 2.